The quantitative estimate of drug-likeness (QED) is 0.568. The van der Waals surface area contributed by atoms with E-state index >= 15 is 0 Å². The molecule has 28 heavy (non-hydrogen) atoms. The predicted octanol–water partition coefficient (Wildman–Crippen LogP) is 5.69. The molecule has 0 radical (unpaired) electrons. The van der Waals surface area contributed by atoms with Gasteiger partial charge in [-0.05, 0) is 38.1 Å². The molecule has 0 fully saturated rings. The molecule has 1 heterocycles. The lowest BCUT2D eigenvalue weighted by Gasteiger charge is -2.15. The van der Waals surface area contributed by atoms with Crippen LogP contribution >= 0.6 is 0 Å². The highest BCUT2D eigenvalue weighted by Gasteiger charge is 2.35. The Kier molecular flexibility index (Phi) is 5.67. The Morgan fingerprint density at radius 3 is 2.43 bits per heavy atom. The van der Waals surface area contributed by atoms with Crippen LogP contribution in [0.1, 0.15) is 18.1 Å². The van der Waals surface area contributed by atoms with Gasteiger partial charge >= 0.3 is 6.18 Å². The van der Waals surface area contributed by atoms with Gasteiger partial charge in [-0.25, -0.2) is 4.98 Å². The molecule has 0 atom stereocenters. The van der Waals surface area contributed by atoms with Crippen LogP contribution in [0.5, 0.6) is 5.75 Å². The number of hydrogen-bond acceptors (Lipinski definition) is 5. The van der Waals surface area contributed by atoms with E-state index in [0.717, 1.165) is 11.8 Å². The zero-order valence-electron chi connectivity index (χ0n) is 15.3. The van der Waals surface area contributed by atoms with E-state index in [1.807, 2.05) is 26.0 Å². The molecule has 0 amide bonds. The molecule has 0 bridgehead atoms. The third-order valence-corrected chi connectivity index (χ3v) is 3.81. The number of halogens is 3. The minimum Gasteiger partial charge on any atom is -0.494 e. The number of hydrogen-bond donors (Lipinski definition) is 2. The van der Waals surface area contributed by atoms with Crippen molar-refractivity contribution in [2.75, 3.05) is 17.2 Å². The average molecular weight is 388 g/mol. The molecule has 0 unspecified atom stereocenters. The zero-order valence-corrected chi connectivity index (χ0v) is 15.3. The largest absolute Gasteiger partial charge is 0.494 e. The Bertz CT molecular complexity index is 943. The standard InChI is InChI=1S/C20H19F3N4O/c1-3-28-16-6-4-5-15(11-16)25-18-17(20(21,22)23)12-24-19(27-18)26-14-9-7-13(2)8-10-14/h4-12H,3H2,1-2H3,(H2,24,25,26,27). The molecular formula is C20H19F3N4O. The van der Waals surface area contributed by atoms with Crippen LogP contribution in [-0.4, -0.2) is 16.6 Å². The number of nitrogens with one attached hydrogen (secondary N) is 2. The minimum absolute atomic E-state index is 0.0558. The maximum atomic E-state index is 13.4. The molecular weight excluding hydrogens is 369 g/mol. The van der Waals surface area contributed by atoms with Crippen molar-refractivity contribution in [3.8, 4) is 5.75 Å². The van der Waals surface area contributed by atoms with Gasteiger partial charge in [0.05, 0.1) is 6.61 Å². The van der Waals surface area contributed by atoms with Crippen molar-refractivity contribution in [2.24, 2.45) is 0 Å². The highest BCUT2D eigenvalue weighted by Crippen LogP contribution is 2.35. The number of aryl methyl sites for hydroxylation is 1. The lowest BCUT2D eigenvalue weighted by atomic mass is 10.2. The minimum atomic E-state index is -4.59. The van der Waals surface area contributed by atoms with E-state index in [2.05, 4.69) is 20.6 Å². The van der Waals surface area contributed by atoms with Crippen LogP contribution in [-0.2, 0) is 6.18 Å². The van der Waals surface area contributed by atoms with Gasteiger partial charge in [0.1, 0.15) is 17.1 Å². The first kappa shape index (κ1) is 19.5. The number of nitrogens with zero attached hydrogens (tertiary/aromatic N) is 2. The van der Waals surface area contributed by atoms with Gasteiger partial charge in [-0.15, -0.1) is 0 Å². The Balaban J connectivity index is 1.92. The van der Waals surface area contributed by atoms with Gasteiger partial charge < -0.3 is 15.4 Å². The van der Waals surface area contributed by atoms with E-state index in [-0.39, 0.29) is 11.8 Å². The summed E-state index contributed by atoms with van der Waals surface area (Å²) in [5.41, 5.74) is 1.21. The van der Waals surface area contributed by atoms with E-state index in [1.165, 1.54) is 0 Å². The van der Waals surface area contributed by atoms with E-state index in [4.69, 9.17) is 4.74 Å². The third-order valence-electron chi connectivity index (χ3n) is 3.81. The van der Waals surface area contributed by atoms with Crippen molar-refractivity contribution in [1.82, 2.24) is 9.97 Å². The van der Waals surface area contributed by atoms with Crippen molar-refractivity contribution in [3.63, 3.8) is 0 Å². The summed E-state index contributed by atoms with van der Waals surface area (Å²) in [6.07, 6.45) is -3.83. The van der Waals surface area contributed by atoms with Gasteiger partial charge in [0.15, 0.2) is 0 Å². The Labute approximate surface area is 160 Å². The van der Waals surface area contributed by atoms with Gasteiger partial charge in [0.2, 0.25) is 5.95 Å². The molecule has 0 aliphatic rings. The third kappa shape index (κ3) is 4.91. The number of rotatable bonds is 6. The molecule has 0 aliphatic carbocycles. The molecule has 146 valence electrons. The van der Waals surface area contributed by atoms with Crippen LogP contribution < -0.4 is 15.4 Å². The smallest absolute Gasteiger partial charge is 0.421 e. The van der Waals surface area contributed by atoms with Crippen molar-refractivity contribution >= 4 is 23.1 Å². The second-order valence-electron chi connectivity index (χ2n) is 6.03. The Morgan fingerprint density at radius 1 is 1.00 bits per heavy atom. The zero-order chi connectivity index (χ0) is 20.1. The van der Waals surface area contributed by atoms with Crippen molar-refractivity contribution in [2.45, 2.75) is 20.0 Å². The molecule has 0 aliphatic heterocycles. The van der Waals surface area contributed by atoms with Crippen LogP contribution in [0.3, 0.4) is 0 Å². The molecule has 0 saturated carbocycles. The fourth-order valence-electron chi connectivity index (χ4n) is 2.48. The molecule has 5 nitrogen and oxygen atoms in total. The summed E-state index contributed by atoms with van der Waals surface area (Å²) >= 11 is 0. The van der Waals surface area contributed by atoms with E-state index < -0.39 is 11.7 Å². The molecule has 2 aromatic carbocycles. The van der Waals surface area contributed by atoms with Crippen LogP contribution in [0, 0.1) is 6.92 Å². The second-order valence-corrected chi connectivity index (χ2v) is 6.03. The first-order chi connectivity index (χ1) is 13.3. The van der Waals surface area contributed by atoms with E-state index in [1.54, 1.807) is 36.4 Å². The highest BCUT2D eigenvalue weighted by molar-refractivity contribution is 5.64. The summed E-state index contributed by atoms with van der Waals surface area (Å²) in [4.78, 5) is 7.84. The predicted molar refractivity (Wildman–Crippen MR) is 102 cm³/mol. The Hall–Kier alpha value is -3.29. The number of anilines is 4. The fourth-order valence-corrected chi connectivity index (χ4v) is 2.48. The summed E-state index contributed by atoms with van der Waals surface area (Å²) in [5, 5.41) is 5.64. The van der Waals surface area contributed by atoms with Gasteiger partial charge in [-0.2, -0.15) is 18.2 Å². The maximum absolute atomic E-state index is 13.4. The van der Waals surface area contributed by atoms with E-state index in [0.29, 0.717) is 23.7 Å². The monoisotopic (exact) mass is 388 g/mol. The van der Waals surface area contributed by atoms with Crippen molar-refractivity contribution in [3.05, 3.63) is 65.9 Å². The van der Waals surface area contributed by atoms with Crippen LogP contribution in [0.2, 0.25) is 0 Å². The summed E-state index contributed by atoms with van der Waals surface area (Å²) in [6, 6.07) is 14.0. The average Bonchev–Trinajstić information content (AvgIpc) is 2.63. The van der Waals surface area contributed by atoms with Crippen molar-refractivity contribution in [1.29, 1.82) is 0 Å². The van der Waals surface area contributed by atoms with Crippen LogP contribution in [0.15, 0.2) is 54.7 Å². The summed E-state index contributed by atoms with van der Waals surface area (Å²) < 4.78 is 45.6. The van der Waals surface area contributed by atoms with Gasteiger partial charge in [-0.1, -0.05) is 23.8 Å². The fraction of sp³-hybridized carbons (Fsp3) is 0.200. The molecule has 8 heteroatoms. The number of ether oxygens (including phenoxy) is 1. The van der Waals surface area contributed by atoms with Gasteiger partial charge in [0, 0.05) is 23.6 Å². The van der Waals surface area contributed by atoms with Gasteiger partial charge in [0.25, 0.3) is 0 Å². The number of benzene rings is 2. The molecule has 3 aromatic rings. The lowest BCUT2D eigenvalue weighted by molar-refractivity contribution is -0.137. The summed E-state index contributed by atoms with van der Waals surface area (Å²) in [7, 11) is 0. The van der Waals surface area contributed by atoms with E-state index in [9.17, 15) is 13.2 Å². The molecule has 3 rings (SSSR count). The summed E-state index contributed by atoms with van der Waals surface area (Å²) in [6.45, 7) is 4.22. The second kappa shape index (κ2) is 8.16. The highest BCUT2D eigenvalue weighted by atomic mass is 19.4. The molecule has 2 N–H and O–H groups in total. The SMILES string of the molecule is CCOc1cccc(Nc2nc(Nc3ccc(C)cc3)ncc2C(F)(F)F)c1. The van der Waals surface area contributed by atoms with Crippen LogP contribution in [0.25, 0.3) is 0 Å². The first-order valence-electron chi connectivity index (χ1n) is 8.63. The number of alkyl halides is 3. The molecule has 0 spiro atoms. The first-order valence-corrected chi connectivity index (χ1v) is 8.63. The lowest BCUT2D eigenvalue weighted by Crippen LogP contribution is -2.12. The topological polar surface area (TPSA) is 59.1 Å². The molecule has 1 aromatic heterocycles. The number of aromatic nitrogens is 2. The maximum Gasteiger partial charge on any atom is 0.421 e. The summed E-state index contributed by atoms with van der Waals surface area (Å²) in [5.74, 6) is 0.263. The molecule has 0 saturated heterocycles. The van der Waals surface area contributed by atoms with Crippen molar-refractivity contribution < 1.29 is 17.9 Å². The van der Waals surface area contributed by atoms with Gasteiger partial charge in [-0.3, -0.25) is 0 Å². The Morgan fingerprint density at radius 2 is 1.75 bits per heavy atom. The van der Waals surface area contributed by atoms with Crippen LogP contribution in [0.4, 0.5) is 36.3 Å². The normalized spacial score (nSPS) is 11.2.